The average Bonchev–Trinajstić information content (AvgIpc) is 2.58. The van der Waals surface area contributed by atoms with Crippen molar-refractivity contribution in [2.45, 2.75) is 53.2 Å². The highest BCUT2D eigenvalue weighted by Crippen LogP contribution is 2.39. The number of rotatable bonds is 7. The molecule has 1 aromatic carbocycles. The number of methoxy groups -OCH3 is 2. The molecule has 1 unspecified atom stereocenters. The minimum absolute atomic E-state index is 0.537. The minimum Gasteiger partial charge on any atom is -0.496 e. The van der Waals surface area contributed by atoms with Gasteiger partial charge in [-0.1, -0.05) is 20.8 Å². The summed E-state index contributed by atoms with van der Waals surface area (Å²) in [5, 5.41) is 0. The van der Waals surface area contributed by atoms with Crippen LogP contribution in [-0.4, -0.2) is 49.7 Å². The quantitative estimate of drug-likeness (QED) is 0.769. The first-order valence-electron chi connectivity index (χ1n) is 8.81. The molecule has 1 aromatic rings. The van der Waals surface area contributed by atoms with Gasteiger partial charge in [0.15, 0.2) is 0 Å². The van der Waals surface area contributed by atoms with Crippen molar-refractivity contribution < 1.29 is 9.47 Å². The maximum Gasteiger partial charge on any atom is 0.127 e. The molecule has 1 heterocycles. The molecule has 0 bridgehead atoms. The Morgan fingerprint density at radius 2 is 1.83 bits per heavy atom. The highest BCUT2D eigenvalue weighted by molar-refractivity contribution is 5.55. The zero-order chi connectivity index (χ0) is 17.0. The van der Waals surface area contributed by atoms with Gasteiger partial charge < -0.3 is 9.47 Å². The molecule has 23 heavy (non-hydrogen) atoms. The molecular weight excluding hydrogens is 288 g/mol. The van der Waals surface area contributed by atoms with Gasteiger partial charge in [-0.25, -0.2) is 0 Å². The summed E-state index contributed by atoms with van der Waals surface area (Å²) < 4.78 is 11.6. The van der Waals surface area contributed by atoms with Crippen molar-refractivity contribution >= 4 is 0 Å². The van der Waals surface area contributed by atoms with Crippen molar-refractivity contribution in [3.05, 3.63) is 22.8 Å². The van der Waals surface area contributed by atoms with Crippen LogP contribution in [0.15, 0.2) is 6.07 Å². The Morgan fingerprint density at radius 1 is 1.13 bits per heavy atom. The van der Waals surface area contributed by atoms with Gasteiger partial charge in [0.05, 0.1) is 14.2 Å². The summed E-state index contributed by atoms with van der Waals surface area (Å²) in [4.78, 5) is 4.91. The van der Waals surface area contributed by atoms with Crippen molar-refractivity contribution in [1.82, 2.24) is 9.80 Å². The van der Waals surface area contributed by atoms with Gasteiger partial charge in [-0.15, -0.1) is 0 Å². The second-order valence-electron chi connectivity index (χ2n) is 6.31. The molecule has 1 aliphatic rings. The lowest BCUT2D eigenvalue weighted by atomic mass is 9.90. The summed E-state index contributed by atoms with van der Waals surface area (Å²) in [5.74, 6) is 2.07. The van der Waals surface area contributed by atoms with E-state index in [0.29, 0.717) is 6.04 Å². The van der Waals surface area contributed by atoms with Crippen LogP contribution in [0.2, 0.25) is 0 Å². The predicted molar refractivity (Wildman–Crippen MR) is 95.4 cm³/mol. The largest absolute Gasteiger partial charge is 0.496 e. The van der Waals surface area contributed by atoms with E-state index < -0.39 is 0 Å². The normalized spacial score (nSPS) is 18.1. The molecule has 0 spiro atoms. The van der Waals surface area contributed by atoms with Gasteiger partial charge >= 0.3 is 0 Å². The van der Waals surface area contributed by atoms with Crippen molar-refractivity contribution in [3.63, 3.8) is 0 Å². The Kier molecular flexibility index (Phi) is 6.31. The number of ether oxygens (including phenoxy) is 2. The zero-order valence-corrected chi connectivity index (χ0v) is 15.6. The lowest BCUT2D eigenvalue weighted by molar-refractivity contribution is 0.188. The topological polar surface area (TPSA) is 24.9 Å². The van der Waals surface area contributed by atoms with E-state index in [4.69, 9.17) is 9.47 Å². The van der Waals surface area contributed by atoms with Crippen LogP contribution in [0.5, 0.6) is 11.5 Å². The maximum atomic E-state index is 5.85. The third kappa shape index (κ3) is 3.64. The summed E-state index contributed by atoms with van der Waals surface area (Å²) in [6.45, 7) is 13.9. The third-order valence-corrected chi connectivity index (χ3v) is 5.14. The van der Waals surface area contributed by atoms with E-state index in [2.05, 4.69) is 43.6 Å². The van der Waals surface area contributed by atoms with Gasteiger partial charge in [0.25, 0.3) is 0 Å². The van der Waals surface area contributed by atoms with Crippen molar-refractivity contribution in [2.24, 2.45) is 0 Å². The van der Waals surface area contributed by atoms with E-state index in [9.17, 15) is 0 Å². The first kappa shape index (κ1) is 18.1. The Labute approximate surface area is 141 Å². The number of hydrogen-bond acceptors (Lipinski definition) is 4. The van der Waals surface area contributed by atoms with Gasteiger partial charge in [-0.05, 0) is 39.0 Å². The maximum absolute atomic E-state index is 5.85. The van der Waals surface area contributed by atoms with Gasteiger partial charge in [0.2, 0.25) is 0 Å². The monoisotopic (exact) mass is 320 g/mol. The van der Waals surface area contributed by atoms with E-state index in [1.165, 1.54) is 16.7 Å². The summed E-state index contributed by atoms with van der Waals surface area (Å²) >= 11 is 0. The number of hydrogen-bond donors (Lipinski definition) is 0. The molecule has 0 saturated heterocycles. The van der Waals surface area contributed by atoms with Gasteiger partial charge in [-0.3, -0.25) is 9.80 Å². The first-order chi connectivity index (χ1) is 11.1. The molecule has 4 heteroatoms. The molecule has 0 amide bonds. The highest BCUT2D eigenvalue weighted by atomic mass is 16.5. The standard InChI is InChI=1S/C19H32N2O2/c1-7-20(8-2)12-15-11-18(22-5)17-13-21(9-3)14(4)10-16(17)19(15)23-6/h11,14H,7-10,12-13H2,1-6H3. The fourth-order valence-electron chi connectivity index (χ4n) is 3.63. The molecule has 0 aliphatic carbocycles. The lowest BCUT2D eigenvalue weighted by Gasteiger charge is -2.36. The summed E-state index contributed by atoms with van der Waals surface area (Å²) in [5.41, 5.74) is 3.88. The van der Waals surface area contributed by atoms with Crippen molar-refractivity contribution in [3.8, 4) is 11.5 Å². The van der Waals surface area contributed by atoms with E-state index in [0.717, 1.165) is 50.6 Å². The summed E-state index contributed by atoms with van der Waals surface area (Å²) in [7, 11) is 3.57. The van der Waals surface area contributed by atoms with Crippen LogP contribution in [0.4, 0.5) is 0 Å². The number of nitrogens with zero attached hydrogens (tertiary/aromatic N) is 2. The van der Waals surface area contributed by atoms with E-state index in [-0.39, 0.29) is 0 Å². The molecule has 1 aliphatic heterocycles. The van der Waals surface area contributed by atoms with Crippen molar-refractivity contribution in [2.75, 3.05) is 33.9 Å². The van der Waals surface area contributed by atoms with Crippen molar-refractivity contribution in [1.29, 1.82) is 0 Å². The van der Waals surface area contributed by atoms with Gasteiger partial charge in [0.1, 0.15) is 11.5 Å². The fraction of sp³-hybridized carbons (Fsp3) is 0.684. The van der Waals surface area contributed by atoms with Crippen LogP contribution in [0, 0.1) is 0 Å². The lowest BCUT2D eigenvalue weighted by Crippen LogP contribution is -2.38. The van der Waals surface area contributed by atoms with Crippen LogP contribution >= 0.6 is 0 Å². The minimum atomic E-state index is 0.537. The van der Waals surface area contributed by atoms with E-state index >= 15 is 0 Å². The molecule has 0 fully saturated rings. The summed E-state index contributed by atoms with van der Waals surface area (Å²) in [6, 6.07) is 2.72. The average molecular weight is 320 g/mol. The molecule has 1 atom stereocenters. The first-order valence-corrected chi connectivity index (χ1v) is 8.81. The number of benzene rings is 1. The molecule has 0 radical (unpaired) electrons. The Bertz CT molecular complexity index is 527. The van der Waals surface area contributed by atoms with Crippen LogP contribution < -0.4 is 9.47 Å². The van der Waals surface area contributed by atoms with E-state index in [1.54, 1.807) is 14.2 Å². The second kappa shape index (κ2) is 8.02. The highest BCUT2D eigenvalue weighted by Gasteiger charge is 2.29. The Hall–Kier alpha value is -1.26. The molecule has 0 aromatic heterocycles. The van der Waals surface area contributed by atoms with Gasteiger partial charge in [0, 0.05) is 35.8 Å². The molecule has 130 valence electrons. The van der Waals surface area contributed by atoms with Crippen LogP contribution in [0.25, 0.3) is 0 Å². The SMILES string of the molecule is CCN(CC)Cc1cc(OC)c2c(c1OC)CC(C)N(CC)C2. The third-order valence-electron chi connectivity index (χ3n) is 5.14. The Balaban J connectivity index is 2.49. The van der Waals surface area contributed by atoms with E-state index in [1.807, 2.05) is 0 Å². The van der Waals surface area contributed by atoms with Crippen LogP contribution in [0.1, 0.15) is 44.4 Å². The zero-order valence-electron chi connectivity index (χ0n) is 15.6. The number of likely N-dealkylation sites (N-methyl/N-ethyl adjacent to an activating group) is 1. The molecular formula is C19H32N2O2. The fourth-order valence-corrected chi connectivity index (χ4v) is 3.63. The second-order valence-corrected chi connectivity index (χ2v) is 6.31. The van der Waals surface area contributed by atoms with Gasteiger partial charge in [-0.2, -0.15) is 0 Å². The number of fused-ring (bicyclic) bond motifs is 1. The molecule has 0 N–H and O–H groups in total. The smallest absolute Gasteiger partial charge is 0.127 e. The summed E-state index contributed by atoms with van der Waals surface area (Å²) in [6.07, 6.45) is 1.02. The predicted octanol–water partition coefficient (Wildman–Crippen LogP) is 3.31. The van der Waals surface area contributed by atoms with Crippen LogP contribution in [-0.2, 0) is 19.5 Å². The molecule has 4 nitrogen and oxygen atoms in total. The van der Waals surface area contributed by atoms with Crippen LogP contribution in [0.3, 0.4) is 0 Å². The molecule has 2 rings (SSSR count). The molecule has 0 saturated carbocycles. The Morgan fingerprint density at radius 3 is 2.35 bits per heavy atom.